The number of hydrogen-bond acceptors (Lipinski definition) is 3. The van der Waals surface area contributed by atoms with Crippen molar-refractivity contribution in [1.29, 1.82) is 0 Å². The number of halogens is 1. The molecule has 2 atom stereocenters. The fourth-order valence-corrected chi connectivity index (χ4v) is 2.76. The van der Waals surface area contributed by atoms with E-state index in [1.807, 2.05) is 6.92 Å². The number of aliphatic hydroxyl groups excluding tert-OH is 1. The number of carbonyl (C=O) groups is 2. The summed E-state index contributed by atoms with van der Waals surface area (Å²) in [5.41, 5.74) is 0.143. The van der Waals surface area contributed by atoms with Crippen LogP contribution in [0, 0.1) is 11.2 Å². The van der Waals surface area contributed by atoms with Gasteiger partial charge in [0, 0.05) is 29.3 Å². The van der Waals surface area contributed by atoms with Gasteiger partial charge in [-0.15, -0.1) is 0 Å². The standard InChI is InChI=1S/C17H21FN2O3/c1-17(11-21)10-2-3-14(17)20-16(23)9-8-15(22)19-13-6-4-12(18)5-7-13/h4-9,14,21H,2-3,10-11H2,1H3,(H,19,22)(H,20,23)/b9-8+. The lowest BCUT2D eigenvalue weighted by Crippen LogP contribution is -2.44. The second kappa shape index (κ2) is 7.37. The second-order valence-corrected chi connectivity index (χ2v) is 6.10. The van der Waals surface area contributed by atoms with Crippen LogP contribution in [0.25, 0.3) is 0 Å². The van der Waals surface area contributed by atoms with E-state index in [-0.39, 0.29) is 29.8 Å². The summed E-state index contributed by atoms with van der Waals surface area (Å²) in [6.07, 6.45) is 4.93. The van der Waals surface area contributed by atoms with Crippen LogP contribution in [0.3, 0.4) is 0 Å². The summed E-state index contributed by atoms with van der Waals surface area (Å²) in [6, 6.07) is 5.26. The summed E-state index contributed by atoms with van der Waals surface area (Å²) >= 11 is 0. The third-order valence-corrected chi connectivity index (χ3v) is 4.26. The third-order valence-electron chi connectivity index (χ3n) is 4.26. The van der Waals surface area contributed by atoms with Crippen LogP contribution in [0.5, 0.6) is 0 Å². The Bertz CT molecular complexity index is 600. The van der Waals surface area contributed by atoms with Crippen molar-refractivity contribution in [2.75, 3.05) is 11.9 Å². The maximum atomic E-state index is 12.8. The molecular formula is C17H21FN2O3. The molecule has 0 bridgehead atoms. The first-order valence-corrected chi connectivity index (χ1v) is 7.59. The van der Waals surface area contributed by atoms with Crippen molar-refractivity contribution < 1.29 is 19.1 Å². The van der Waals surface area contributed by atoms with E-state index in [0.29, 0.717) is 5.69 Å². The van der Waals surface area contributed by atoms with E-state index < -0.39 is 5.91 Å². The van der Waals surface area contributed by atoms with E-state index in [2.05, 4.69) is 10.6 Å². The largest absolute Gasteiger partial charge is 0.396 e. The van der Waals surface area contributed by atoms with Crippen molar-refractivity contribution in [3.63, 3.8) is 0 Å². The molecule has 3 N–H and O–H groups in total. The molecule has 6 heteroatoms. The Morgan fingerprint density at radius 3 is 2.61 bits per heavy atom. The molecule has 1 aromatic rings. The molecule has 5 nitrogen and oxygen atoms in total. The van der Waals surface area contributed by atoms with Crippen molar-refractivity contribution in [2.45, 2.75) is 32.2 Å². The lowest BCUT2D eigenvalue weighted by atomic mass is 9.86. The van der Waals surface area contributed by atoms with Crippen LogP contribution >= 0.6 is 0 Å². The van der Waals surface area contributed by atoms with Crippen molar-refractivity contribution in [3.8, 4) is 0 Å². The van der Waals surface area contributed by atoms with E-state index >= 15 is 0 Å². The van der Waals surface area contributed by atoms with E-state index in [1.165, 1.54) is 24.3 Å². The molecule has 23 heavy (non-hydrogen) atoms. The zero-order valence-electron chi connectivity index (χ0n) is 13.0. The Kier molecular flexibility index (Phi) is 5.50. The highest BCUT2D eigenvalue weighted by molar-refractivity contribution is 6.03. The molecule has 1 saturated carbocycles. The number of benzene rings is 1. The Morgan fingerprint density at radius 2 is 1.96 bits per heavy atom. The van der Waals surface area contributed by atoms with Gasteiger partial charge in [-0.25, -0.2) is 4.39 Å². The normalized spacial score (nSPS) is 23.9. The van der Waals surface area contributed by atoms with Crippen molar-refractivity contribution >= 4 is 17.5 Å². The van der Waals surface area contributed by atoms with E-state index in [9.17, 15) is 19.1 Å². The predicted molar refractivity (Wildman–Crippen MR) is 85.1 cm³/mol. The maximum absolute atomic E-state index is 12.8. The molecule has 0 saturated heterocycles. The molecule has 0 aromatic heterocycles. The summed E-state index contributed by atoms with van der Waals surface area (Å²) in [6.45, 7) is 1.96. The van der Waals surface area contributed by atoms with Crippen molar-refractivity contribution in [2.24, 2.45) is 5.41 Å². The van der Waals surface area contributed by atoms with Crippen LogP contribution in [-0.4, -0.2) is 29.6 Å². The van der Waals surface area contributed by atoms with Gasteiger partial charge >= 0.3 is 0 Å². The van der Waals surface area contributed by atoms with E-state index in [4.69, 9.17) is 0 Å². The highest BCUT2D eigenvalue weighted by Crippen LogP contribution is 2.37. The van der Waals surface area contributed by atoms with Gasteiger partial charge in [0.25, 0.3) is 0 Å². The minimum Gasteiger partial charge on any atom is -0.396 e. The highest BCUT2D eigenvalue weighted by Gasteiger charge is 2.38. The molecule has 2 amide bonds. The molecule has 1 fully saturated rings. The Hall–Kier alpha value is -2.21. The molecule has 0 heterocycles. The van der Waals surface area contributed by atoms with Crippen molar-refractivity contribution in [3.05, 3.63) is 42.2 Å². The molecule has 2 rings (SSSR count). The van der Waals surface area contributed by atoms with Gasteiger partial charge < -0.3 is 15.7 Å². The average molecular weight is 320 g/mol. The SMILES string of the molecule is CC1(CO)CCCC1NC(=O)/C=C/C(=O)Nc1ccc(F)cc1. The summed E-state index contributed by atoms with van der Waals surface area (Å²) in [4.78, 5) is 23.6. The first-order valence-electron chi connectivity index (χ1n) is 7.59. The van der Waals surface area contributed by atoms with Gasteiger partial charge in [0.15, 0.2) is 0 Å². The van der Waals surface area contributed by atoms with Crippen LogP contribution < -0.4 is 10.6 Å². The first-order chi connectivity index (χ1) is 10.9. The monoisotopic (exact) mass is 320 g/mol. The van der Waals surface area contributed by atoms with Gasteiger partial charge in [0.1, 0.15) is 5.82 Å². The minimum atomic E-state index is -0.469. The molecule has 1 aromatic carbocycles. The van der Waals surface area contributed by atoms with Gasteiger partial charge in [-0.1, -0.05) is 13.3 Å². The number of rotatable bonds is 5. The van der Waals surface area contributed by atoms with Gasteiger partial charge in [-0.3, -0.25) is 9.59 Å². The van der Waals surface area contributed by atoms with Gasteiger partial charge in [-0.05, 0) is 37.1 Å². The Labute approximate surface area is 134 Å². The number of nitrogens with one attached hydrogen (secondary N) is 2. The summed E-state index contributed by atoms with van der Waals surface area (Å²) in [5.74, 6) is -1.23. The fraction of sp³-hybridized carbons (Fsp3) is 0.412. The van der Waals surface area contributed by atoms with Crippen LogP contribution in [0.1, 0.15) is 26.2 Å². The Balaban J connectivity index is 1.85. The summed E-state index contributed by atoms with van der Waals surface area (Å²) in [7, 11) is 0. The van der Waals surface area contributed by atoms with E-state index in [1.54, 1.807) is 0 Å². The molecular weight excluding hydrogens is 299 g/mol. The van der Waals surface area contributed by atoms with Crippen LogP contribution in [0.2, 0.25) is 0 Å². The highest BCUT2D eigenvalue weighted by atomic mass is 19.1. The quantitative estimate of drug-likeness (QED) is 0.726. The summed E-state index contributed by atoms with van der Waals surface area (Å²) < 4.78 is 12.8. The Morgan fingerprint density at radius 1 is 1.30 bits per heavy atom. The number of aliphatic hydroxyl groups is 1. The molecule has 0 radical (unpaired) electrons. The molecule has 1 aliphatic rings. The average Bonchev–Trinajstić information content (AvgIpc) is 2.89. The number of hydrogen-bond donors (Lipinski definition) is 3. The van der Waals surface area contributed by atoms with Crippen LogP contribution in [0.15, 0.2) is 36.4 Å². The first kappa shape index (κ1) is 17.1. The van der Waals surface area contributed by atoms with Crippen LogP contribution in [0.4, 0.5) is 10.1 Å². The number of anilines is 1. The number of amides is 2. The lowest BCUT2D eigenvalue weighted by Gasteiger charge is -2.29. The third kappa shape index (κ3) is 4.63. The predicted octanol–water partition coefficient (Wildman–Crippen LogP) is 1.99. The lowest BCUT2D eigenvalue weighted by molar-refractivity contribution is -0.118. The molecule has 1 aliphatic carbocycles. The van der Waals surface area contributed by atoms with Crippen LogP contribution in [-0.2, 0) is 9.59 Å². The van der Waals surface area contributed by atoms with Crippen molar-refractivity contribution in [1.82, 2.24) is 5.32 Å². The number of carbonyl (C=O) groups excluding carboxylic acids is 2. The minimum absolute atomic E-state index is 0.0205. The fourth-order valence-electron chi connectivity index (χ4n) is 2.76. The molecule has 0 aliphatic heterocycles. The van der Waals surface area contributed by atoms with E-state index in [0.717, 1.165) is 31.4 Å². The molecule has 0 spiro atoms. The van der Waals surface area contributed by atoms with Gasteiger partial charge in [0.05, 0.1) is 6.61 Å². The molecule has 124 valence electrons. The summed E-state index contributed by atoms with van der Waals surface area (Å²) in [5, 5.41) is 14.8. The smallest absolute Gasteiger partial charge is 0.248 e. The second-order valence-electron chi connectivity index (χ2n) is 6.10. The zero-order chi connectivity index (χ0) is 16.9. The van der Waals surface area contributed by atoms with Gasteiger partial charge in [-0.2, -0.15) is 0 Å². The zero-order valence-corrected chi connectivity index (χ0v) is 13.0. The van der Waals surface area contributed by atoms with Gasteiger partial charge in [0.2, 0.25) is 11.8 Å². The topological polar surface area (TPSA) is 78.4 Å². The maximum Gasteiger partial charge on any atom is 0.248 e. The molecule has 2 unspecified atom stereocenters.